The van der Waals surface area contributed by atoms with Gasteiger partial charge in [-0.1, -0.05) is 12.1 Å². The van der Waals surface area contributed by atoms with Crippen LogP contribution >= 0.6 is 0 Å². The van der Waals surface area contributed by atoms with Gasteiger partial charge < -0.3 is 5.73 Å². The Morgan fingerprint density at radius 2 is 1.94 bits per heavy atom. The van der Waals surface area contributed by atoms with Crippen molar-refractivity contribution >= 4 is 5.91 Å². The second kappa shape index (κ2) is 3.81. The molecule has 0 saturated carbocycles. The third-order valence-corrected chi connectivity index (χ3v) is 2.72. The first kappa shape index (κ1) is 10.4. The van der Waals surface area contributed by atoms with Gasteiger partial charge in [0.2, 0.25) is 5.91 Å². The highest BCUT2D eigenvalue weighted by atomic mass is 16.1. The minimum Gasteiger partial charge on any atom is -0.366 e. The Hall–Kier alpha value is -2.10. The summed E-state index contributed by atoms with van der Waals surface area (Å²) in [5.41, 5.74) is 8.90. The predicted molar refractivity (Wildman–Crippen MR) is 61.9 cm³/mol. The van der Waals surface area contributed by atoms with Crippen molar-refractivity contribution in [2.75, 3.05) is 0 Å². The highest BCUT2D eigenvalue weighted by Crippen LogP contribution is 2.22. The molecular weight excluding hydrogens is 202 g/mol. The summed E-state index contributed by atoms with van der Waals surface area (Å²) in [5.74, 6) is -0.408. The Kier molecular flexibility index (Phi) is 2.48. The van der Waals surface area contributed by atoms with Crippen LogP contribution in [0.3, 0.4) is 0 Å². The average Bonchev–Trinajstić information content (AvgIpc) is 2.60. The second-order valence-electron chi connectivity index (χ2n) is 3.71. The second-order valence-corrected chi connectivity index (χ2v) is 3.71. The van der Waals surface area contributed by atoms with Crippen LogP contribution in [-0.2, 0) is 7.05 Å². The summed E-state index contributed by atoms with van der Waals surface area (Å²) in [6.45, 7) is 2.00. The number of carbonyl (C=O) groups is 1. The molecule has 0 spiro atoms. The number of aryl methyl sites for hydroxylation is 1. The molecule has 2 aromatic rings. The number of benzene rings is 1. The predicted octanol–water partition coefficient (Wildman–Crippen LogP) is 1.49. The summed E-state index contributed by atoms with van der Waals surface area (Å²) in [6, 6.07) is 7.21. The molecule has 4 heteroatoms. The topological polar surface area (TPSA) is 60.9 Å². The Bertz CT molecular complexity index is 526. The Morgan fingerprint density at radius 1 is 1.31 bits per heavy atom. The van der Waals surface area contributed by atoms with Crippen molar-refractivity contribution in [3.8, 4) is 11.1 Å². The van der Waals surface area contributed by atoms with Crippen molar-refractivity contribution in [1.82, 2.24) is 9.78 Å². The van der Waals surface area contributed by atoms with E-state index in [0.717, 1.165) is 16.8 Å². The van der Waals surface area contributed by atoms with Crippen LogP contribution in [0.25, 0.3) is 11.1 Å². The molecule has 2 N–H and O–H groups in total. The molecule has 4 nitrogen and oxygen atoms in total. The van der Waals surface area contributed by atoms with E-state index in [1.807, 2.05) is 37.0 Å². The number of rotatable bonds is 2. The summed E-state index contributed by atoms with van der Waals surface area (Å²) in [4.78, 5) is 10.9. The lowest BCUT2D eigenvalue weighted by Crippen LogP contribution is -2.10. The number of primary amides is 1. The first-order valence-electron chi connectivity index (χ1n) is 4.98. The van der Waals surface area contributed by atoms with Gasteiger partial charge in [0.1, 0.15) is 0 Å². The van der Waals surface area contributed by atoms with Crippen LogP contribution in [0.1, 0.15) is 16.1 Å². The zero-order valence-electron chi connectivity index (χ0n) is 9.27. The van der Waals surface area contributed by atoms with Gasteiger partial charge in [-0.15, -0.1) is 0 Å². The number of nitrogens with two attached hydrogens (primary N) is 1. The number of hydrogen-bond acceptors (Lipinski definition) is 2. The standard InChI is InChI=1S/C12H13N3O/c1-8-11(7-14-15(8)2)9-3-5-10(6-4-9)12(13)16/h3-7H,1-2H3,(H2,13,16). The summed E-state index contributed by atoms with van der Waals surface area (Å²) >= 11 is 0. The number of nitrogens with zero attached hydrogens (tertiary/aromatic N) is 2. The maximum Gasteiger partial charge on any atom is 0.248 e. The van der Waals surface area contributed by atoms with Gasteiger partial charge in [0.25, 0.3) is 0 Å². The third-order valence-electron chi connectivity index (χ3n) is 2.72. The van der Waals surface area contributed by atoms with Gasteiger partial charge in [0.05, 0.1) is 6.20 Å². The van der Waals surface area contributed by atoms with Crippen LogP contribution in [0.5, 0.6) is 0 Å². The zero-order valence-corrected chi connectivity index (χ0v) is 9.27. The van der Waals surface area contributed by atoms with Crippen molar-refractivity contribution in [3.05, 3.63) is 41.7 Å². The van der Waals surface area contributed by atoms with Crippen LogP contribution in [0.4, 0.5) is 0 Å². The summed E-state index contributed by atoms with van der Waals surface area (Å²) in [5, 5.41) is 4.18. The van der Waals surface area contributed by atoms with Crippen LogP contribution in [0, 0.1) is 6.92 Å². The first-order chi connectivity index (χ1) is 7.59. The Balaban J connectivity index is 2.42. The molecular formula is C12H13N3O. The van der Waals surface area contributed by atoms with E-state index in [1.54, 1.807) is 12.1 Å². The number of aromatic nitrogens is 2. The molecule has 0 bridgehead atoms. The molecule has 0 fully saturated rings. The molecule has 0 aliphatic carbocycles. The maximum atomic E-state index is 10.9. The van der Waals surface area contributed by atoms with E-state index in [9.17, 15) is 4.79 Å². The van der Waals surface area contributed by atoms with Crippen molar-refractivity contribution < 1.29 is 4.79 Å². The number of carbonyl (C=O) groups excluding carboxylic acids is 1. The van der Waals surface area contributed by atoms with Crippen LogP contribution in [-0.4, -0.2) is 15.7 Å². The normalized spacial score (nSPS) is 10.4. The van der Waals surface area contributed by atoms with Gasteiger partial charge in [-0.2, -0.15) is 5.10 Å². The summed E-state index contributed by atoms with van der Waals surface area (Å²) < 4.78 is 1.82. The molecule has 1 heterocycles. The lowest BCUT2D eigenvalue weighted by atomic mass is 10.0. The van der Waals surface area contributed by atoms with Gasteiger partial charge in [-0.05, 0) is 24.6 Å². The minimum atomic E-state index is -0.408. The lowest BCUT2D eigenvalue weighted by Gasteiger charge is -2.01. The molecule has 1 aromatic heterocycles. The van der Waals surface area contributed by atoms with Crippen molar-refractivity contribution in [3.63, 3.8) is 0 Å². The minimum absolute atomic E-state index is 0.408. The van der Waals surface area contributed by atoms with E-state index in [1.165, 1.54) is 0 Å². The van der Waals surface area contributed by atoms with Crippen LogP contribution in [0.15, 0.2) is 30.5 Å². The lowest BCUT2D eigenvalue weighted by molar-refractivity contribution is 0.100. The van der Waals surface area contributed by atoms with E-state index >= 15 is 0 Å². The molecule has 0 unspecified atom stereocenters. The van der Waals surface area contributed by atoms with E-state index in [0.29, 0.717) is 5.56 Å². The van der Waals surface area contributed by atoms with E-state index < -0.39 is 5.91 Å². The third kappa shape index (κ3) is 1.69. The number of amides is 1. The molecule has 1 aromatic carbocycles. The summed E-state index contributed by atoms with van der Waals surface area (Å²) in [6.07, 6.45) is 1.81. The zero-order chi connectivity index (χ0) is 11.7. The van der Waals surface area contributed by atoms with Gasteiger partial charge in [-0.3, -0.25) is 9.48 Å². The molecule has 16 heavy (non-hydrogen) atoms. The Morgan fingerprint density at radius 3 is 2.38 bits per heavy atom. The average molecular weight is 215 g/mol. The van der Waals surface area contributed by atoms with Crippen LogP contribution in [0.2, 0.25) is 0 Å². The molecule has 0 saturated heterocycles. The fraction of sp³-hybridized carbons (Fsp3) is 0.167. The number of hydrogen-bond donors (Lipinski definition) is 1. The van der Waals surface area contributed by atoms with Gasteiger partial charge in [0.15, 0.2) is 0 Å². The van der Waals surface area contributed by atoms with Crippen LogP contribution < -0.4 is 5.73 Å². The highest BCUT2D eigenvalue weighted by Gasteiger charge is 2.07. The highest BCUT2D eigenvalue weighted by molar-refractivity contribution is 5.93. The molecule has 0 atom stereocenters. The molecule has 1 amide bonds. The monoisotopic (exact) mass is 215 g/mol. The molecule has 0 aliphatic rings. The fourth-order valence-electron chi connectivity index (χ4n) is 1.60. The molecule has 0 aliphatic heterocycles. The fourth-order valence-corrected chi connectivity index (χ4v) is 1.60. The molecule has 0 radical (unpaired) electrons. The maximum absolute atomic E-state index is 10.9. The molecule has 2 rings (SSSR count). The van der Waals surface area contributed by atoms with Gasteiger partial charge in [-0.25, -0.2) is 0 Å². The van der Waals surface area contributed by atoms with E-state index in [2.05, 4.69) is 5.10 Å². The summed E-state index contributed by atoms with van der Waals surface area (Å²) in [7, 11) is 1.90. The van der Waals surface area contributed by atoms with Gasteiger partial charge in [0, 0.05) is 23.9 Å². The van der Waals surface area contributed by atoms with Gasteiger partial charge >= 0.3 is 0 Å². The first-order valence-corrected chi connectivity index (χ1v) is 4.98. The molecule has 82 valence electrons. The largest absolute Gasteiger partial charge is 0.366 e. The van der Waals surface area contributed by atoms with Crippen molar-refractivity contribution in [2.45, 2.75) is 6.92 Å². The quantitative estimate of drug-likeness (QED) is 0.825. The Labute approximate surface area is 93.7 Å². The van der Waals surface area contributed by atoms with Crippen molar-refractivity contribution in [2.24, 2.45) is 12.8 Å². The smallest absolute Gasteiger partial charge is 0.248 e. The van der Waals surface area contributed by atoms with E-state index in [4.69, 9.17) is 5.73 Å². The van der Waals surface area contributed by atoms with E-state index in [-0.39, 0.29) is 0 Å². The SMILES string of the molecule is Cc1c(-c2ccc(C(N)=O)cc2)cnn1C. The van der Waals surface area contributed by atoms with Crippen molar-refractivity contribution in [1.29, 1.82) is 0 Å².